The van der Waals surface area contributed by atoms with Crippen LogP contribution < -0.4 is 10.1 Å². The third-order valence-electron chi connectivity index (χ3n) is 4.44. The van der Waals surface area contributed by atoms with Crippen LogP contribution in [0.1, 0.15) is 24.4 Å². The number of hydrogen-bond acceptors (Lipinski definition) is 4. The van der Waals surface area contributed by atoms with Gasteiger partial charge in [-0.15, -0.1) is 0 Å². The molecule has 24 heavy (non-hydrogen) atoms. The molecule has 1 N–H and O–H groups in total. The van der Waals surface area contributed by atoms with E-state index in [2.05, 4.69) is 21.4 Å². The summed E-state index contributed by atoms with van der Waals surface area (Å²) in [5.74, 6) is 0.841. The van der Waals surface area contributed by atoms with Gasteiger partial charge in [-0.25, -0.2) is 0 Å². The zero-order valence-corrected chi connectivity index (χ0v) is 14.0. The fourth-order valence-corrected chi connectivity index (χ4v) is 3.24. The van der Waals surface area contributed by atoms with Gasteiger partial charge in [-0.05, 0) is 38.1 Å². The molecule has 1 atom stereocenters. The number of carbonyl (C=O) groups is 1. The van der Waals surface area contributed by atoms with Crippen molar-refractivity contribution in [3.05, 3.63) is 48.3 Å². The number of methoxy groups -OCH3 is 1. The molecule has 0 spiro atoms. The maximum absolute atomic E-state index is 12.2. The van der Waals surface area contributed by atoms with E-state index in [0.717, 1.165) is 24.4 Å². The molecule has 1 amide bonds. The quantitative estimate of drug-likeness (QED) is 0.843. The second kappa shape index (κ2) is 7.97. The first-order valence-electron chi connectivity index (χ1n) is 8.39. The van der Waals surface area contributed by atoms with E-state index in [1.54, 1.807) is 24.2 Å². The van der Waals surface area contributed by atoms with Crippen molar-refractivity contribution in [1.29, 1.82) is 0 Å². The number of para-hydroxylation sites is 1. The van der Waals surface area contributed by atoms with E-state index >= 15 is 0 Å². The average molecular weight is 328 g/mol. The molecule has 128 valence electrons. The van der Waals surface area contributed by atoms with Gasteiger partial charge in [0, 0.05) is 24.5 Å². The second-order valence-corrected chi connectivity index (χ2v) is 6.01. The molecule has 6 heteroatoms. The molecule has 1 fully saturated rings. The summed E-state index contributed by atoms with van der Waals surface area (Å²) in [6.45, 7) is 2.92. The highest BCUT2D eigenvalue weighted by Crippen LogP contribution is 2.31. The molecule has 2 aromatic rings. The Morgan fingerprint density at radius 1 is 1.29 bits per heavy atom. The predicted octanol–water partition coefficient (Wildman–Crippen LogP) is 1.85. The summed E-state index contributed by atoms with van der Waals surface area (Å²) in [5.41, 5.74) is 1.13. The first-order chi connectivity index (χ1) is 11.8. The zero-order chi connectivity index (χ0) is 16.8. The summed E-state index contributed by atoms with van der Waals surface area (Å²) < 4.78 is 7.15. The number of nitrogens with one attached hydrogen (secondary N) is 1. The molecule has 1 saturated heterocycles. The molecule has 0 saturated carbocycles. The van der Waals surface area contributed by atoms with Crippen molar-refractivity contribution in [2.24, 2.45) is 0 Å². The average Bonchev–Trinajstić information content (AvgIpc) is 3.29. The number of carbonyl (C=O) groups excluding carboxylic acids is 1. The lowest BCUT2D eigenvalue weighted by molar-refractivity contribution is -0.122. The summed E-state index contributed by atoms with van der Waals surface area (Å²) in [7, 11) is 1.69. The summed E-state index contributed by atoms with van der Waals surface area (Å²) in [4.78, 5) is 14.6. The van der Waals surface area contributed by atoms with E-state index in [1.165, 1.54) is 12.8 Å². The number of nitrogens with zero attached hydrogens (tertiary/aromatic N) is 3. The Morgan fingerprint density at radius 2 is 2.08 bits per heavy atom. The molecule has 1 aromatic carbocycles. The van der Waals surface area contributed by atoms with Gasteiger partial charge in [-0.1, -0.05) is 18.2 Å². The number of ether oxygens (including phenoxy) is 1. The van der Waals surface area contributed by atoms with Crippen LogP contribution >= 0.6 is 0 Å². The van der Waals surface area contributed by atoms with E-state index < -0.39 is 0 Å². The Labute approximate surface area is 142 Å². The number of amides is 1. The van der Waals surface area contributed by atoms with Crippen molar-refractivity contribution in [1.82, 2.24) is 20.0 Å². The van der Waals surface area contributed by atoms with Crippen LogP contribution in [0, 0.1) is 0 Å². The topological polar surface area (TPSA) is 59.4 Å². The van der Waals surface area contributed by atoms with E-state index in [-0.39, 0.29) is 18.5 Å². The molecule has 1 aromatic heterocycles. The van der Waals surface area contributed by atoms with Crippen molar-refractivity contribution >= 4 is 5.91 Å². The molecule has 0 unspecified atom stereocenters. The fourth-order valence-electron chi connectivity index (χ4n) is 3.24. The van der Waals surface area contributed by atoms with Crippen LogP contribution in [0.15, 0.2) is 42.7 Å². The summed E-state index contributed by atoms with van der Waals surface area (Å²) in [6.07, 6.45) is 5.87. The lowest BCUT2D eigenvalue weighted by Crippen LogP contribution is -2.38. The monoisotopic (exact) mass is 328 g/mol. The molecular weight excluding hydrogens is 304 g/mol. The number of rotatable bonds is 7. The van der Waals surface area contributed by atoms with Crippen molar-refractivity contribution in [3.63, 3.8) is 0 Å². The largest absolute Gasteiger partial charge is 0.496 e. The van der Waals surface area contributed by atoms with Crippen LogP contribution in [-0.4, -0.2) is 47.3 Å². The highest BCUT2D eigenvalue weighted by Gasteiger charge is 2.26. The lowest BCUT2D eigenvalue weighted by Gasteiger charge is -2.29. The minimum Gasteiger partial charge on any atom is -0.496 e. The molecule has 6 nitrogen and oxygen atoms in total. The number of aromatic nitrogens is 2. The van der Waals surface area contributed by atoms with Crippen LogP contribution in [0.3, 0.4) is 0 Å². The minimum absolute atomic E-state index is 0.0298. The minimum atomic E-state index is -0.0298. The van der Waals surface area contributed by atoms with Gasteiger partial charge in [0.05, 0.1) is 13.2 Å². The van der Waals surface area contributed by atoms with Crippen molar-refractivity contribution in [3.8, 4) is 5.75 Å². The highest BCUT2D eigenvalue weighted by molar-refractivity contribution is 5.75. The van der Waals surface area contributed by atoms with Gasteiger partial charge in [0.1, 0.15) is 12.3 Å². The van der Waals surface area contributed by atoms with Crippen molar-refractivity contribution < 1.29 is 9.53 Å². The highest BCUT2D eigenvalue weighted by atomic mass is 16.5. The molecule has 3 rings (SSSR count). The Bertz CT molecular complexity index is 651. The standard InChI is InChI=1S/C18H24N4O2/c1-24-17-8-3-2-7-15(17)16(21-10-4-5-11-21)13-19-18(23)14-22-12-6-9-20-22/h2-3,6-9,12,16H,4-5,10-11,13-14H2,1H3,(H,19,23)/t16-/m0/s1. The molecule has 1 aliphatic rings. The number of likely N-dealkylation sites (tertiary alicyclic amines) is 1. The lowest BCUT2D eigenvalue weighted by atomic mass is 10.0. The predicted molar refractivity (Wildman–Crippen MR) is 91.8 cm³/mol. The Morgan fingerprint density at radius 3 is 2.79 bits per heavy atom. The maximum atomic E-state index is 12.2. The van der Waals surface area contributed by atoms with E-state index in [1.807, 2.05) is 24.3 Å². The normalized spacial score (nSPS) is 16.0. The van der Waals surface area contributed by atoms with Gasteiger partial charge < -0.3 is 10.1 Å². The SMILES string of the molecule is COc1ccccc1[C@H](CNC(=O)Cn1cccn1)N1CCCC1. The second-order valence-electron chi connectivity index (χ2n) is 6.01. The van der Waals surface area contributed by atoms with Crippen LogP contribution in [-0.2, 0) is 11.3 Å². The molecule has 1 aliphatic heterocycles. The van der Waals surface area contributed by atoms with Crippen molar-refractivity contribution in [2.75, 3.05) is 26.7 Å². The number of hydrogen-bond donors (Lipinski definition) is 1. The third kappa shape index (κ3) is 3.94. The van der Waals surface area contributed by atoms with Crippen LogP contribution in [0.4, 0.5) is 0 Å². The van der Waals surface area contributed by atoms with Gasteiger partial charge in [0.15, 0.2) is 0 Å². The van der Waals surface area contributed by atoms with Gasteiger partial charge in [0.2, 0.25) is 5.91 Å². The van der Waals surface area contributed by atoms with E-state index in [0.29, 0.717) is 6.54 Å². The fraction of sp³-hybridized carbons (Fsp3) is 0.444. The number of benzene rings is 1. The molecule has 0 radical (unpaired) electrons. The van der Waals surface area contributed by atoms with E-state index in [4.69, 9.17) is 4.74 Å². The Hall–Kier alpha value is -2.34. The van der Waals surface area contributed by atoms with Gasteiger partial charge in [0.25, 0.3) is 0 Å². The Kier molecular flexibility index (Phi) is 5.48. The van der Waals surface area contributed by atoms with Crippen LogP contribution in [0.25, 0.3) is 0 Å². The summed E-state index contributed by atoms with van der Waals surface area (Å²) in [6, 6.07) is 10.00. The first kappa shape index (κ1) is 16.5. The van der Waals surface area contributed by atoms with Gasteiger partial charge >= 0.3 is 0 Å². The molecular formula is C18H24N4O2. The van der Waals surface area contributed by atoms with E-state index in [9.17, 15) is 4.79 Å². The maximum Gasteiger partial charge on any atom is 0.241 e. The summed E-state index contributed by atoms with van der Waals surface area (Å²) >= 11 is 0. The van der Waals surface area contributed by atoms with Crippen LogP contribution in [0.5, 0.6) is 5.75 Å². The van der Waals surface area contributed by atoms with Gasteiger partial charge in [-0.2, -0.15) is 5.10 Å². The molecule has 2 heterocycles. The summed E-state index contributed by atoms with van der Waals surface area (Å²) in [5, 5.41) is 7.12. The molecule has 0 aliphatic carbocycles. The Balaban J connectivity index is 1.69. The van der Waals surface area contributed by atoms with Crippen LogP contribution in [0.2, 0.25) is 0 Å². The van der Waals surface area contributed by atoms with Gasteiger partial charge in [-0.3, -0.25) is 14.4 Å². The van der Waals surface area contributed by atoms with Crippen molar-refractivity contribution in [2.45, 2.75) is 25.4 Å². The first-order valence-corrected chi connectivity index (χ1v) is 8.39. The zero-order valence-electron chi connectivity index (χ0n) is 14.0. The third-order valence-corrected chi connectivity index (χ3v) is 4.44. The molecule has 0 bridgehead atoms. The smallest absolute Gasteiger partial charge is 0.241 e.